The second-order valence-corrected chi connectivity index (χ2v) is 3.00. The van der Waals surface area contributed by atoms with Crippen LogP contribution >= 0.6 is 12.2 Å². The van der Waals surface area contributed by atoms with Crippen molar-refractivity contribution in [1.82, 2.24) is 11.0 Å². The van der Waals surface area contributed by atoms with E-state index in [1.807, 2.05) is 18.2 Å². The Kier molecular flexibility index (Phi) is 4.67. The van der Waals surface area contributed by atoms with E-state index in [4.69, 9.17) is 23.7 Å². The zero-order chi connectivity index (χ0) is 11.8. The van der Waals surface area contributed by atoms with Crippen LogP contribution in [0.1, 0.15) is 0 Å². The van der Waals surface area contributed by atoms with Gasteiger partial charge in [0.2, 0.25) is 11.1 Å². The molecule has 8 heteroatoms. The second kappa shape index (κ2) is 6.30. The van der Waals surface area contributed by atoms with E-state index in [1.54, 1.807) is 12.1 Å². The van der Waals surface area contributed by atoms with Crippen LogP contribution in [0.3, 0.4) is 0 Å². The highest BCUT2D eigenvalue weighted by atomic mass is 32.1. The summed E-state index contributed by atoms with van der Waals surface area (Å²) in [6.07, 6.45) is 0. The van der Waals surface area contributed by atoms with Gasteiger partial charge >= 0.3 is 0 Å². The van der Waals surface area contributed by atoms with Gasteiger partial charge in [0, 0.05) is 0 Å². The molecule has 7 nitrogen and oxygen atoms in total. The van der Waals surface area contributed by atoms with Gasteiger partial charge in [0.05, 0.1) is 5.69 Å². The van der Waals surface area contributed by atoms with Crippen molar-refractivity contribution in [2.75, 3.05) is 0 Å². The van der Waals surface area contributed by atoms with Crippen molar-refractivity contribution in [1.29, 1.82) is 0 Å². The SMILES string of the molecule is NC(N)=NNNC(=S)N=Nc1ccccc1. The normalized spacial score (nSPS) is 9.75. The molecule has 0 fully saturated rings. The van der Waals surface area contributed by atoms with Gasteiger partial charge in [-0.1, -0.05) is 18.2 Å². The number of hydrogen-bond acceptors (Lipinski definition) is 4. The Morgan fingerprint density at radius 1 is 1.19 bits per heavy atom. The predicted octanol–water partition coefficient (Wildman–Crippen LogP) is 0.338. The number of azo groups is 1. The van der Waals surface area contributed by atoms with Crippen LogP contribution in [0.2, 0.25) is 0 Å². The number of guanidine groups is 1. The molecule has 0 atom stereocenters. The molecular weight excluding hydrogens is 226 g/mol. The molecule has 0 aliphatic heterocycles. The zero-order valence-corrected chi connectivity index (χ0v) is 9.11. The number of hydrazone groups is 1. The molecule has 16 heavy (non-hydrogen) atoms. The zero-order valence-electron chi connectivity index (χ0n) is 8.29. The molecule has 84 valence electrons. The smallest absolute Gasteiger partial charge is 0.233 e. The molecule has 0 radical (unpaired) electrons. The first-order valence-corrected chi connectivity index (χ1v) is 4.69. The standard InChI is InChI=1S/C8H11N7S/c9-7(10)12-15-14-8(16)13-11-6-4-2-1-3-5-6/h1-5,15H,(H,14,16)(H4,9,10,12). The fraction of sp³-hybridized carbons (Fsp3) is 0. The highest BCUT2D eigenvalue weighted by molar-refractivity contribution is 7.80. The summed E-state index contributed by atoms with van der Waals surface area (Å²) in [7, 11) is 0. The van der Waals surface area contributed by atoms with Gasteiger partial charge in [0.25, 0.3) is 0 Å². The summed E-state index contributed by atoms with van der Waals surface area (Å²) in [5.41, 5.74) is 15.6. The van der Waals surface area contributed by atoms with Crippen LogP contribution in [0, 0.1) is 0 Å². The fourth-order valence-electron chi connectivity index (χ4n) is 0.763. The molecular formula is C8H11N7S. The summed E-state index contributed by atoms with van der Waals surface area (Å²) in [6.45, 7) is 0. The number of nitrogens with zero attached hydrogens (tertiary/aromatic N) is 3. The summed E-state index contributed by atoms with van der Waals surface area (Å²) < 4.78 is 0. The number of hydrogen-bond donors (Lipinski definition) is 4. The van der Waals surface area contributed by atoms with E-state index < -0.39 is 0 Å². The third kappa shape index (κ3) is 4.86. The van der Waals surface area contributed by atoms with Gasteiger partial charge < -0.3 is 11.5 Å². The summed E-state index contributed by atoms with van der Waals surface area (Å²) in [4.78, 5) is 0. The summed E-state index contributed by atoms with van der Waals surface area (Å²) >= 11 is 4.82. The lowest BCUT2D eigenvalue weighted by molar-refractivity contribution is 0.697. The third-order valence-electron chi connectivity index (χ3n) is 1.36. The average Bonchev–Trinajstić information content (AvgIpc) is 2.27. The van der Waals surface area contributed by atoms with Crippen LogP contribution in [0.5, 0.6) is 0 Å². The molecule has 0 saturated heterocycles. The van der Waals surface area contributed by atoms with Crippen molar-refractivity contribution in [2.45, 2.75) is 0 Å². The highest BCUT2D eigenvalue weighted by Gasteiger charge is 1.90. The lowest BCUT2D eigenvalue weighted by Gasteiger charge is -2.00. The lowest BCUT2D eigenvalue weighted by Crippen LogP contribution is -2.35. The monoisotopic (exact) mass is 237 g/mol. The molecule has 0 spiro atoms. The molecule has 0 aliphatic carbocycles. The molecule has 1 rings (SSSR count). The van der Waals surface area contributed by atoms with Gasteiger partial charge in [-0.05, 0) is 24.4 Å². The van der Waals surface area contributed by atoms with Crippen LogP contribution in [0.25, 0.3) is 0 Å². The minimum absolute atomic E-state index is 0.115. The van der Waals surface area contributed by atoms with Gasteiger partial charge in [0.1, 0.15) is 0 Å². The maximum Gasteiger partial charge on any atom is 0.233 e. The maximum atomic E-state index is 5.07. The van der Waals surface area contributed by atoms with Crippen LogP contribution in [0.4, 0.5) is 5.69 Å². The van der Waals surface area contributed by atoms with Crippen LogP contribution < -0.4 is 22.4 Å². The first kappa shape index (κ1) is 11.9. The van der Waals surface area contributed by atoms with Gasteiger partial charge in [-0.3, -0.25) is 5.43 Å². The molecule has 0 aromatic heterocycles. The van der Waals surface area contributed by atoms with E-state index in [1.165, 1.54) is 0 Å². The Hall–Kier alpha value is -2.22. The number of nitrogens with two attached hydrogens (primary N) is 2. The highest BCUT2D eigenvalue weighted by Crippen LogP contribution is 2.09. The minimum atomic E-state index is -0.115. The Morgan fingerprint density at radius 2 is 1.88 bits per heavy atom. The van der Waals surface area contributed by atoms with E-state index in [2.05, 4.69) is 26.3 Å². The van der Waals surface area contributed by atoms with E-state index in [0.717, 1.165) is 0 Å². The molecule has 0 bridgehead atoms. The van der Waals surface area contributed by atoms with Crippen LogP contribution in [0.15, 0.2) is 45.7 Å². The Labute approximate surface area is 97.6 Å². The first-order valence-electron chi connectivity index (χ1n) is 4.29. The number of thiocarbonyl (C=S) groups is 1. The van der Waals surface area contributed by atoms with Gasteiger partial charge in [0.15, 0.2) is 0 Å². The number of hydrazine groups is 1. The van der Waals surface area contributed by atoms with Crippen molar-refractivity contribution < 1.29 is 0 Å². The summed E-state index contributed by atoms with van der Waals surface area (Å²) in [5, 5.41) is 11.2. The van der Waals surface area contributed by atoms with Crippen LogP contribution in [-0.2, 0) is 0 Å². The molecule has 0 heterocycles. The minimum Gasteiger partial charge on any atom is -0.369 e. The number of benzene rings is 1. The Balaban J connectivity index is 2.40. The van der Waals surface area contributed by atoms with Crippen molar-refractivity contribution in [3.63, 3.8) is 0 Å². The summed E-state index contributed by atoms with van der Waals surface area (Å²) in [6, 6.07) is 9.19. The van der Waals surface area contributed by atoms with Gasteiger partial charge in [-0.15, -0.1) is 15.3 Å². The maximum absolute atomic E-state index is 5.07. The molecule has 1 aromatic rings. The lowest BCUT2D eigenvalue weighted by atomic mass is 10.3. The van der Waals surface area contributed by atoms with E-state index in [0.29, 0.717) is 5.69 Å². The quantitative estimate of drug-likeness (QED) is 0.199. The van der Waals surface area contributed by atoms with E-state index in [9.17, 15) is 0 Å². The van der Waals surface area contributed by atoms with Crippen molar-refractivity contribution in [3.05, 3.63) is 30.3 Å². The average molecular weight is 237 g/mol. The predicted molar refractivity (Wildman–Crippen MR) is 65.6 cm³/mol. The van der Waals surface area contributed by atoms with E-state index in [-0.39, 0.29) is 11.1 Å². The van der Waals surface area contributed by atoms with Crippen LogP contribution in [-0.4, -0.2) is 11.1 Å². The largest absolute Gasteiger partial charge is 0.369 e. The molecule has 0 saturated carbocycles. The number of nitrogens with one attached hydrogen (secondary N) is 2. The van der Waals surface area contributed by atoms with Gasteiger partial charge in [-0.2, -0.15) is 0 Å². The summed E-state index contributed by atoms with van der Waals surface area (Å²) in [5.74, 6) is -0.115. The van der Waals surface area contributed by atoms with Crippen molar-refractivity contribution >= 4 is 29.0 Å². The Bertz CT molecular complexity index is 396. The molecule has 1 aromatic carbocycles. The van der Waals surface area contributed by atoms with E-state index >= 15 is 0 Å². The van der Waals surface area contributed by atoms with Crippen molar-refractivity contribution in [3.8, 4) is 0 Å². The molecule has 0 unspecified atom stereocenters. The topological polar surface area (TPSA) is 113 Å². The van der Waals surface area contributed by atoms with Gasteiger partial charge in [-0.25, -0.2) is 5.53 Å². The molecule has 0 amide bonds. The molecule has 6 N–H and O–H groups in total. The fourth-order valence-corrected chi connectivity index (χ4v) is 0.850. The Morgan fingerprint density at radius 3 is 2.50 bits per heavy atom. The van der Waals surface area contributed by atoms with Crippen molar-refractivity contribution in [2.24, 2.45) is 26.8 Å². The number of rotatable bonds is 3. The second-order valence-electron chi connectivity index (χ2n) is 2.61. The third-order valence-corrected chi connectivity index (χ3v) is 1.54. The molecule has 0 aliphatic rings. The first-order chi connectivity index (χ1) is 7.68.